The highest BCUT2D eigenvalue weighted by Crippen LogP contribution is 2.19. The molecule has 86 valence electrons. The van der Waals surface area contributed by atoms with Crippen molar-refractivity contribution in [2.45, 2.75) is 12.8 Å². The van der Waals surface area contributed by atoms with Crippen LogP contribution in [0.25, 0.3) is 0 Å². The first-order valence-electron chi connectivity index (χ1n) is 5.22. The molecule has 0 radical (unpaired) electrons. The number of carboxylic acid groups (broad SMARTS) is 1. The number of hydrogen-bond donors (Lipinski definition) is 1. The smallest absolute Gasteiger partial charge is 0.316 e. The molecule has 0 aromatic carbocycles. The van der Waals surface area contributed by atoms with Crippen molar-refractivity contribution in [3.8, 4) is 0 Å². The highest BCUT2D eigenvalue weighted by atomic mass is 32.1. The fourth-order valence-corrected chi connectivity index (χ4v) is 2.59. The average Bonchev–Trinajstić information content (AvgIpc) is 2.84. The number of likely N-dealkylation sites (tertiary alicyclic amines) is 1. The summed E-state index contributed by atoms with van der Waals surface area (Å²) in [5, 5.41) is 10.8. The van der Waals surface area contributed by atoms with Crippen LogP contribution in [-0.2, 0) is 16.0 Å². The van der Waals surface area contributed by atoms with Crippen molar-refractivity contribution < 1.29 is 14.7 Å². The van der Waals surface area contributed by atoms with Gasteiger partial charge in [0.1, 0.15) is 5.92 Å². The van der Waals surface area contributed by atoms with E-state index in [9.17, 15) is 9.59 Å². The van der Waals surface area contributed by atoms with E-state index in [4.69, 9.17) is 5.11 Å². The van der Waals surface area contributed by atoms with E-state index in [0.717, 1.165) is 6.42 Å². The molecule has 2 heterocycles. The van der Waals surface area contributed by atoms with Gasteiger partial charge in [-0.1, -0.05) is 6.07 Å². The Morgan fingerprint density at radius 2 is 2.44 bits per heavy atom. The Kier molecular flexibility index (Phi) is 3.24. The summed E-state index contributed by atoms with van der Waals surface area (Å²) in [5.74, 6) is -2.05. The van der Waals surface area contributed by atoms with Gasteiger partial charge in [0.15, 0.2) is 0 Å². The number of rotatable bonds is 4. The third-order valence-corrected chi connectivity index (χ3v) is 3.74. The van der Waals surface area contributed by atoms with Gasteiger partial charge in [0, 0.05) is 18.0 Å². The minimum atomic E-state index is -0.997. The van der Waals surface area contributed by atoms with Gasteiger partial charge in [0.2, 0.25) is 5.91 Å². The summed E-state index contributed by atoms with van der Waals surface area (Å²) in [5.41, 5.74) is 0. The van der Waals surface area contributed by atoms with Crippen LogP contribution < -0.4 is 0 Å². The maximum absolute atomic E-state index is 11.7. The zero-order valence-electron chi connectivity index (χ0n) is 8.76. The number of amides is 1. The molecule has 0 saturated carbocycles. The second-order valence-corrected chi connectivity index (χ2v) is 4.87. The van der Waals surface area contributed by atoms with E-state index >= 15 is 0 Å². The predicted octanol–water partition coefficient (Wildman–Crippen LogP) is 1.22. The summed E-state index contributed by atoms with van der Waals surface area (Å²) in [6, 6.07) is 4.01. The highest BCUT2D eigenvalue weighted by molar-refractivity contribution is 7.09. The summed E-state index contributed by atoms with van der Waals surface area (Å²) in [6.07, 6.45) is 1.26. The van der Waals surface area contributed by atoms with E-state index in [1.165, 1.54) is 4.88 Å². The number of thiophene rings is 1. The van der Waals surface area contributed by atoms with Gasteiger partial charge >= 0.3 is 5.97 Å². The molecule has 1 saturated heterocycles. The molecular weight excluding hydrogens is 226 g/mol. The molecule has 1 aliphatic rings. The van der Waals surface area contributed by atoms with Crippen LogP contribution in [0, 0.1) is 5.92 Å². The van der Waals surface area contributed by atoms with Gasteiger partial charge < -0.3 is 10.0 Å². The van der Waals surface area contributed by atoms with Crippen LogP contribution in [-0.4, -0.2) is 35.0 Å². The van der Waals surface area contributed by atoms with Crippen molar-refractivity contribution >= 4 is 23.2 Å². The van der Waals surface area contributed by atoms with Gasteiger partial charge in [-0.2, -0.15) is 0 Å². The Morgan fingerprint density at radius 1 is 1.62 bits per heavy atom. The average molecular weight is 239 g/mol. The lowest BCUT2D eigenvalue weighted by atomic mass is 10.1. The van der Waals surface area contributed by atoms with E-state index in [1.54, 1.807) is 16.2 Å². The topological polar surface area (TPSA) is 57.6 Å². The Balaban J connectivity index is 1.88. The zero-order valence-corrected chi connectivity index (χ0v) is 9.57. The van der Waals surface area contributed by atoms with Crippen LogP contribution in [0.15, 0.2) is 17.5 Å². The maximum atomic E-state index is 11.7. The normalized spacial score (nSPS) is 20.4. The van der Waals surface area contributed by atoms with E-state index in [1.807, 2.05) is 17.5 Å². The van der Waals surface area contributed by atoms with Gasteiger partial charge in [0.25, 0.3) is 0 Å². The molecule has 0 bridgehead atoms. The van der Waals surface area contributed by atoms with Crippen molar-refractivity contribution in [2.24, 2.45) is 5.92 Å². The fourth-order valence-electron chi connectivity index (χ4n) is 1.89. The molecule has 0 spiro atoms. The molecule has 1 aromatic rings. The molecule has 5 heteroatoms. The van der Waals surface area contributed by atoms with Crippen LogP contribution in [0.1, 0.15) is 11.3 Å². The minimum absolute atomic E-state index is 0.232. The molecule has 1 N–H and O–H groups in total. The molecule has 0 aliphatic carbocycles. The Bertz CT molecular complexity index is 388. The van der Waals surface area contributed by atoms with E-state index in [0.29, 0.717) is 19.5 Å². The molecule has 1 amide bonds. The lowest BCUT2D eigenvalue weighted by Gasteiger charge is -2.14. The predicted molar refractivity (Wildman–Crippen MR) is 60.3 cm³/mol. The Morgan fingerprint density at radius 3 is 3.00 bits per heavy atom. The molecule has 1 fully saturated rings. The molecule has 1 atom stereocenters. The van der Waals surface area contributed by atoms with Crippen LogP contribution in [0.2, 0.25) is 0 Å². The number of aliphatic carboxylic acids is 1. The van der Waals surface area contributed by atoms with Crippen LogP contribution >= 0.6 is 11.3 Å². The molecule has 16 heavy (non-hydrogen) atoms. The number of carbonyl (C=O) groups excluding carboxylic acids is 1. The SMILES string of the molecule is O=C(O)C1CCN(CCc2cccs2)C1=O. The Labute approximate surface area is 97.5 Å². The summed E-state index contributed by atoms with van der Waals surface area (Å²) in [7, 11) is 0. The van der Waals surface area contributed by atoms with Crippen LogP contribution in [0.5, 0.6) is 0 Å². The van der Waals surface area contributed by atoms with Gasteiger partial charge in [-0.3, -0.25) is 9.59 Å². The molecular formula is C11H13NO3S. The molecule has 4 nitrogen and oxygen atoms in total. The number of carboxylic acids is 1. The lowest BCUT2D eigenvalue weighted by molar-refractivity contribution is -0.147. The highest BCUT2D eigenvalue weighted by Gasteiger charge is 2.36. The van der Waals surface area contributed by atoms with E-state index in [2.05, 4.69) is 0 Å². The monoisotopic (exact) mass is 239 g/mol. The fraction of sp³-hybridized carbons (Fsp3) is 0.455. The van der Waals surface area contributed by atoms with Crippen molar-refractivity contribution in [2.75, 3.05) is 13.1 Å². The van der Waals surface area contributed by atoms with Gasteiger partial charge in [-0.25, -0.2) is 0 Å². The zero-order chi connectivity index (χ0) is 11.5. The number of carbonyl (C=O) groups is 2. The minimum Gasteiger partial charge on any atom is -0.481 e. The first-order chi connectivity index (χ1) is 7.68. The summed E-state index contributed by atoms with van der Waals surface area (Å²) in [4.78, 5) is 25.3. The molecule has 1 aliphatic heterocycles. The van der Waals surface area contributed by atoms with Gasteiger partial charge in [0.05, 0.1) is 0 Å². The van der Waals surface area contributed by atoms with Gasteiger partial charge in [-0.15, -0.1) is 11.3 Å². The van der Waals surface area contributed by atoms with E-state index < -0.39 is 11.9 Å². The first-order valence-corrected chi connectivity index (χ1v) is 6.10. The summed E-state index contributed by atoms with van der Waals surface area (Å²) < 4.78 is 0. The standard InChI is InChI=1S/C11H13NO3S/c13-10-9(11(14)15)4-6-12(10)5-3-8-2-1-7-16-8/h1-2,7,9H,3-6H2,(H,14,15). The second-order valence-electron chi connectivity index (χ2n) is 3.83. The van der Waals surface area contributed by atoms with Crippen molar-refractivity contribution in [3.05, 3.63) is 22.4 Å². The van der Waals surface area contributed by atoms with Crippen molar-refractivity contribution in [3.63, 3.8) is 0 Å². The summed E-state index contributed by atoms with van der Waals surface area (Å²) in [6.45, 7) is 1.20. The molecule has 2 rings (SSSR count). The van der Waals surface area contributed by atoms with Crippen molar-refractivity contribution in [1.29, 1.82) is 0 Å². The Hall–Kier alpha value is -1.36. The third-order valence-electron chi connectivity index (χ3n) is 2.80. The largest absolute Gasteiger partial charge is 0.481 e. The summed E-state index contributed by atoms with van der Waals surface area (Å²) >= 11 is 1.66. The number of nitrogens with zero attached hydrogens (tertiary/aromatic N) is 1. The van der Waals surface area contributed by atoms with Gasteiger partial charge in [-0.05, 0) is 24.3 Å². The first kappa shape index (κ1) is 11.1. The second kappa shape index (κ2) is 4.65. The van der Waals surface area contributed by atoms with Crippen molar-refractivity contribution in [1.82, 2.24) is 4.90 Å². The van der Waals surface area contributed by atoms with Crippen LogP contribution in [0.4, 0.5) is 0 Å². The molecule has 1 aromatic heterocycles. The van der Waals surface area contributed by atoms with Crippen LogP contribution in [0.3, 0.4) is 0 Å². The lowest BCUT2D eigenvalue weighted by Crippen LogP contribution is -2.31. The third kappa shape index (κ3) is 2.24. The van der Waals surface area contributed by atoms with E-state index in [-0.39, 0.29) is 5.91 Å². The molecule has 1 unspecified atom stereocenters. The number of hydrogen-bond acceptors (Lipinski definition) is 3. The quantitative estimate of drug-likeness (QED) is 0.804. The maximum Gasteiger partial charge on any atom is 0.316 e.